The fourth-order valence-corrected chi connectivity index (χ4v) is 11.7. The van der Waals surface area contributed by atoms with Crippen LogP contribution in [-0.4, -0.2) is 152 Å². The zero-order valence-electron chi connectivity index (χ0n) is 33.1. The van der Waals surface area contributed by atoms with Crippen molar-refractivity contribution in [3.8, 4) is 0 Å². The van der Waals surface area contributed by atoms with Gasteiger partial charge >= 0.3 is 17.9 Å². The monoisotopic (exact) mass is 784 g/mol. The molecular weight excluding hydrogens is 716 g/mol. The number of rotatable bonds is 23. The number of fused-ring (bicyclic) bond motifs is 5. The number of aliphatic hydroxyl groups excluding tert-OH is 3. The van der Waals surface area contributed by atoms with Gasteiger partial charge in [0.05, 0.1) is 39.3 Å². The Labute approximate surface area is 325 Å². The molecule has 0 heterocycles. The molecule has 0 aromatic carbocycles. The van der Waals surface area contributed by atoms with Crippen LogP contribution in [0.1, 0.15) is 97.8 Å². The van der Waals surface area contributed by atoms with Gasteiger partial charge in [-0.25, -0.2) is 4.89 Å². The zero-order valence-corrected chi connectivity index (χ0v) is 33.1. The molecule has 316 valence electrons. The number of carbonyl (C=O) groups is 4. The molecule has 1 amide bonds. The van der Waals surface area contributed by atoms with Gasteiger partial charge in [0, 0.05) is 51.1 Å². The number of hydrogen-bond donors (Lipinski definition) is 8. The predicted molar refractivity (Wildman–Crippen MR) is 200 cm³/mol. The topological polar surface area (TPSA) is 241 Å². The van der Waals surface area contributed by atoms with Crippen molar-refractivity contribution in [2.75, 3.05) is 59.3 Å². The molecule has 16 nitrogen and oxygen atoms in total. The van der Waals surface area contributed by atoms with E-state index in [4.69, 9.17) is 0 Å². The smallest absolute Gasteiger partial charge is 0.317 e. The van der Waals surface area contributed by atoms with Crippen LogP contribution in [0.3, 0.4) is 0 Å². The Kier molecular flexibility index (Phi) is 16.7. The maximum Gasteiger partial charge on any atom is 0.317 e. The lowest BCUT2D eigenvalue weighted by molar-refractivity contribution is -0.252. The molecule has 0 aromatic rings. The highest BCUT2D eigenvalue weighted by Crippen LogP contribution is 2.68. The Hall–Kier alpha value is -2.44. The molecule has 4 aliphatic rings. The molecule has 4 fully saturated rings. The standard InChI is InChI=1S/C39H68N4O12/c1-25(4-11-35(48)49)30-8-9-31-29-7-5-26-18-27(12-13-38(26,2)32(29)19-33(46)39(30,31)3)40-34(47)10-6-28(22-55-54)43(17-15-42(23-44)24-45)16-14-41(20-36(50)51)21-37(52)53/h25-33,44-46,54H,4-24H2,1-3H3,(H,40,47)(H,48,49)(H,50,51)(H,52,53). The number of carbonyl (C=O) groups excluding carboxylic acids is 1. The van der Waals surface area contributed by atoms with Crippen LogP contribution in [0, 0.1) is 46.3 Å². The number of amides is 1. The van der Waals surface area contributed by atoms with Gasteiger partial charge in [-0.05, 0) is 111 Å². The van der Waals surface area contributed by atoms with Crippen molar-refractivity contribution in [2.45, 2.75) is 116 Å². The molecule has 11 atom stereocenters. The average molecular weight is 785 g/mol. The van der Waals surface area contributed by atoms with Gasteiger partial charge in [0.25, 0.3) is 0 Å². The van der Waals surface area contributed by atoms with Crippen molar-refractivity contribution in [1.29, 1.82) is 0 Å². The van der Waals surface area contributed by atoms with E-state index < -0.39 is 56.6 Å². The van der Waals surface area contributed by atoms with Gasteiger partial charge in [0.15, 0.2) is 0 Å². The minimum absolute atomic E-state index is 0.0127. The SMILES string of the molecule is CC(CCC(=O)O)C1CCC2C3CCC4CC(NC(=O)CCC(COO)N(CCN(CO)CO)CCN(CC(=O)O)CC(=O)O)CCC4(C)C3CC(O)C12C. The molecule has 4 aliphatic carbocycles. The second-order valence-electron chi connectivity index (χ2n) is 17.6. The van der Waals surface area contributed by atoms with Gasteiger partial charge in [0.2, 0.25) is 5.91 Å². The van der Waals surface area contributed by atoms with E-state index >= 15 is 0 Å². The quantitative estimate of drug-likeness (QED) is 0.0421. The highest BCUT2D eigenvalue weighted by atomic mass is 17.1. The highest BCUT2D eigenvalue weighted by molar-refractivity contribution is 5.76. The van der Waals surface area contributed by atoms with Gasteiger partial charge in [-0.3, -0.25) is 39.1 Å². The van der Waals surface area contributed by atoms with Gasteiger partial charge in [-0.2, -0.15) is 0 Å². The Morgan fingerprint density at radius 3 is 2.05 bits per heavy atom. The summed E-state index contributed by atoms with van der Waals surface area (Å²) in [6.07, 6.45) is 8.54. The zero-order chi connectivity index (χ0) is 40.5. The van der Waals surface area contributed by atoms with Crippen LogP contribution in [0.2, 0.25) is 0 Å². The Morgan fingerprint density at radius 2 is 1.45 bits per heavy atom. The molecular formula is C39H68N4O12. The lowest BCUT2D eigenvalue weighted by Gasteiger charge is -2.62. The molecule has 4 saturated carbocycles. The molecule has 4 rings (SSSR count). The van der Waals surface area contributed by atoms with E-state index in [2.05, 4.69) is 31.0 Å². The van der Waals surface area contributed by atoms with Gasteiger partial charge in [-0.15, -0.1) is 0 Å². The molecule has 8 N–H and O–H groups in total. The maximum absolute atomic E-state index is 13.4. The third-order valence-corrected chi connectivity index (χ3v) is 14.7. The number of carboxylic acid groups (broad SMARTS) is 3. The Bertz CT molecular complexity index is 1270. The molecule has 0 bridgehead atoms. The average Bonchev–Trinajstić information content (AvgIpc) is 3.49. The van der Waals surface area contributed by atoms with Gasteiger partial charge < -0.3 is 36.0 Å². The van der Waals surface area contributed by atoms with Crippen molar-refractivity contribution in [1.82, 2.24) is 20.0 Å². The molecule has 0 aromatic heterocycles. The second kappa shape index (κ2) is 20.3. The molecule has 0 spiro atoms. The van der Waals surface area contributed by atoms with E-state index in [1.54, 1.807) is 0 Å². The van der Waals surface area contributed by atoms with Crippen LogP contribution >= 0.6 is 0 Å². The molecule has 0 radical (unpaired) electrons. The van der Waals surface area contributed by atoms with E-state index in [1.165, 1.54) is 9.80 Å². The first-order valence-corrected chi connectivity index (χ1v) is 20.4. The van der Waals surface area contributed by atoms with E-state index in [-0.39, 0.29) is 80.7 Å². The summed E-state index contributed by atoms with van der Waals surface area (Å²) in [5, 5.41) is 71.5. The second-order valence-corrected chi connectivity index (χ2v) is 17.6. The van der Waals surface area contributed by atoms with Gasteiger partial charge in [0.1, 0.15) is 0 Å². The molecule has 16 heteroatoms. The summed E-state index contributed by atoms with van der Waals surface area (Å²) in [5.41, 5.74) is -0.134. The largest absolute Gasteiger partial charge is 0.481 e. The summed E-state index contributed by atoms with van der Waals surface area (Å²) in [4.78, 5) is 56.5. The van der Waals surface area contributed by atoms with Crippen LogP contribution in [0.15, 0.2) is 0 Å². The normalized spacial score (nSPS) is 32.8. The van der Waals surface area contributed by atoms with Crippen LogP contribution in [0.5, 0.6) is 0 Å². The number of hydrogen-bond acceptors (Lipinski definition) is 12. The predicted octanol–water partition coefficient (Wildman–Crippen LogP) is 2.22. The minimum atomic E-state index is -1.18. The Morgan fingerprint density at radius 1 is 0.800 bits per heavy atom. The third-order valence-electron chi connectivity index (χ3n) is 14.7. The summed E-state index contributed by atoms with van der Waals surface area (Å²) >= 11 is 0. The summed E-state index contributed by atoms with van der Waals surface area (Å²) in [5.74, 6) is -0.893. The van der Waals surface area contributed by atoms with Crippen molar-refractivity contribution in [3.63, 3.8) is 0 Å². The highest BCUT2D eigenvalue weighted by Gasteiger charge is 2.63. The van der Waals surface area contributed by atoms with E-state index in [1.807, 2.05) is 4.90 Å². The van der Waals surface area contributed by atoms with Gasteiger partial charge in [-0.1, -0.05) is 20.8 Å². The fraction of sp³-hybridized carbons (Fsp3) is 0.897. The van der Waals surface area contributed by atoms with Crippen molar-refractivity contribution >= 4 is 23.8 Å². The summed E-state index contributed by atoms with van der Waals surface area (Å²) in [6.45, 7) is 5.63. The van der Waals surface area contributed by atoms with Crippen molar-refractivity contribution in [3.05, 3.63) is 0 Å². The van der Waals surface area contributed by atoms with E-state index in [9.17, 15) is 55.1 Å². The number of aliphatic hydroxyl groups is 3. The lowest BCUT2D eigenvalue weighted by atomic mass is 9.43. The molecule has 55 heavy (non-hydrogen) atoms. The minimum Gasteiger partial charge on any atom is -0.481 e. The number of nitrogens with one attached hydrogen (secondary N) is 1. The number of nitrogens with zero attached hydrogens (tertiary/aromatic N) is 3. The Balaban J connectivity index is 1.35. The van der Waals surface area contributed by atoms with Crippen molar-refractivity contribution < 1.29 is 60.0 Å². The maximum atomic E-state index is 13.4. The summed E-state index contributed by atoms with van der Waals surface area (Å²) in [7, 11) is 0. The number of carboxylic acids is 3. The molecule has 11 unspecified atom stereocenters. The first kappa shape index (κ1) is 45.3. The molecule has 0 saturated heterocycles. The lowest BCUT2D eigenvalue weighted by Crippen LogP contribution is -2.59. The summed E-state index contributed by atoms with van der Waals surface area (Å²) < 4.78 is 0. The van der Waals surface area contributed by atoms with E-state index in [0.717, 1.165) is 51.4 Å². The van der Waals surface area contributed by atoms with Crippen molar-refractivity contribution in [2.24, 2.45) is 46.3 Å². The fourth-order valence-electron chi connectivity index (χ4n) is 11.7. The van der Waals surface area contributed by atoms with Crippen LogP contribution < -0.4 is 5.32 Å². The van der Waals surface area contributed by atoms with E-state index in [0.29, 0.717) is 36.0 Å². The summed E-state index contributed by atoms with van der Waals surface area (Å²) in [6, 6.07) is -0.492. The molecule has 0 aliphatic heterocycles. The third kappa shape index (κ3) is 11.2. The van der Waals surface area contributed by atoms with Crippen LogP contribution in [0.25, 0.3) is 0 Å². The first-order valence-electron chi connectivity index (χ1n) is 20.4. The first-order chi connectivity index (χ1) is 26.1. The van der Waals surface area contributed by atoms with Crippen LogP contribution in [0.4, 0.5) is 0 Å². The van der Waals surface area contributed by atoms with Crippen LogP contribution in [-0.2, 0) is 24.1 Å². The number of aliphatic carboxylic acids is 3.